The molecule has 0 aliphatic heterocycles. The Hall–Kier alpha value is -3.54. The standard InChI is InChI=1S/C18H14N6/c19-17-16(22-21-14-9-5-2-6-10-14)18-20-12-11-15(24(18)23-17)13-7-3-1-4-8-13/h1-12H,(H2,19,23). The van der Waals surface area contributed by atoms with Gasteiger partial charge in [0.25, 0.3) is 0 Å². The Bertz CT molecular complexity index is 1010. The molecule has 0 atom stereocenters. The molecule has 0 aliphatic rings. The van der Waals surface area contributed by atoms with Gasteiger partial charge in [-0.15, -0.1) is 10.2 Å². The molecule has 0 spiro atoms. The molecule has 2 aromatic heterocycles. The zero-order valence-electron chi connectivity index (χ0n) is 12.7. The highest BCUT2D eigenvalue weighted by Gasteiger charge is 2.14. The molecule has 2 heterocycles. The van der Waals surface area contributed by atoms with Crippen LogP contribution in [0.3, 0.4) is 0 Å². The number of nitrogens with zero attached hydrogens (tertiary/aromatic N) is 5. The molecule has 0 aliphatic carbocycles. The van der Waals surface area contributed by atoms with Crippen molar-refractivity contribution >= 4 is 22.8 Å². The number of nitrogens with two attached hydrogens (primary N) is 1. The minimum Gasteiger partial charge on any atom is -0.380 e. The predicted molar refractivity (Wildman–Crippen MR) is 93.5 cm³/mol. The second-order valence-electron chi connectivity index (χ2n) is 5.20. The van der Waals surface area contributed by atoms with Crippen LogP contribution in [0.25, 0.3) is 16.9 Å². The van der Waals surface area contributed by atoms with Gasteiger partial charge >= 0.3 is 0 Å². The summed E-state index contributed by atoms with van der Waals surface area (Å²) in [5.41, 5.74) is 9.75. The first kappa shape index (κ1) is 14.1. The summed E-state index contributed by atoms with van der Waals surface area (Å²) >= 11 is 0. The van der Waals surface area contributed by atoms with E-state index in [9.17, 15) is 0 Å². The topological polar surface area (TPSA) is 80.9 Å². The van der Waals surface area contributed by atoms with Crippen LogP contribution >= 0.6 is 0 Å². The first-order valence-electron chi connectivity index (χ1n) is 7.48. The van der Waals surface area contributed by atoms with Crippen molar-refractivity contribution in [3.63, 3.8) is 0 Å². The molecule has 6 nitrogen and oxygen atoms in total. The second kappa shape index (κ2) is 5.92. The second-order valence-corrected chi connectivity index (χ2v) is 5.20. The molecular weight excluding hydrogens is 300 g/mol. The van der Waals surface area contributed by atoms with Crippen molar-refractivity contribution in [2.45, 2.75) is 0 Å². The van der Waals surface area contributed by atoms with Crippen molar-refractivity contribution in [1.29, 1.82) is 0 Å². The molecule has 0 saturated carbocycles. The summed E-state index contributed by atoms with van der Waals surface area (Å²) in [5.74, 6) is 0.297. The first-order chi connectivity index (χ1) is 11.8. The number of azo groups is 1. The van der Waals surface area contributed by atoms with Crippen LogP contribution in [-0.4, -0.2) is 14.6 Å². The third kappa shape index (κ3) is 2.50. The van der Waals surface area contributed by atoms with Crippen LogP contribution in [0.4, 0.5) is 17.2 Å². The van der Waals surface area contributed by atoms with Crippen LogP contribution < -0.4 is 5.73 Å². The van der Waals surface area contributed by atoms with Crippen LogP contribution in [-0.2, 0) is 0 Å². The summed E-state index contributed by atoms with van der Waals surface area (Å²) < 4.78 is 1.70. The van der Waals surface area contributed by atoms with Gasteiger partial charge in [-0.3, -0.25) is 0 Å². The molecule has 0 unspecified atom stereocenters. The van der Waals surface area contributed by atoms with E-state index < -0.39 is 0 Å². The number of benzene rings is 2. The molecule has 4 rings (SSSR count). The highest BCUT2D eigenvalue weighted by atomic mass is 15.3. The van der Waals surface area contributed by atoms with E-state index in [0.29, 0.717) is 17.2 Å². The largest absolute Gasteiger partial charge is 0.380 e. The molecule has 0 bridgehead atoms. The van der Waals surface area contributed by atoms with Crippen LogP contribution in [0.5, 0.6) is 0 Å². The van der Waals surface area contributed by atoms with E-state index in [4.69, 9.17) is 5.73 Å². The van der Waals surface area contributed by atoms with Crippen molar-refractivity contribution in [3.05, 3.63) is 72.9 Å². The summed E-state index contributed by atoms with van der Waals surface area (Å²) in [6.07, 6.45) is 1.72. The Morgan fingerprint density at radius 1 is 0.833 bits per heavy atom. The molecule has 6 heteroatoms. The van der Waals surface area contributed by atoms with E-state index in [-0.39, 0.29) is 0 Å². The van der Waals surface area contributed by atoms with Gasteiger partial charge in [-0.2, -0.15) is 5.11 Å². The van der Waals surface area contributed by atoms with Gasteiger partial charge in [-0.05, 0) is 18.2 Å². The highest BCUT2D eigenvalue weighted by molar-refractivity contribution is 5.78. The predicted octanol–water partition coefficient (Wildman–Crippen LogP) is 4.39. The van der Waals surface area contributed by atoms with Crippen LogP contribution in [0.2, 0.25) is 0 Å². The molecule has 2 aromatic carbocycles. The molecular formula is C18H14N6. The Balaban J connectivity index is 1.84. The fourth-order valence-electron chi connectivity index (χ4n) is 2.48. The summed E-state index contributed by atoms with van der Waals surface area (Å²) in [6, 6.07) is 21.3. The Kier molecular flexibility index (Phi) is 3.47. The average Bonchev–Trinajstić information content (AvgIpc) is 2.97. The van der Waals surface area contributed by atoms with Crippen molar-refractivity contribution in [3.8, 4) is 11.3 Å². The van der Waals surface area contributed by atoms with Crippen molar-refractivity contribution in [2.75, 3.05) is 5.73 Å². The highest BCUT2D eigenvalue weighted by Crippen LogP contribution is 2.30. The van der Waals surface area contributed by atoms with E-state index >= 15 is 0 Å². The van der Waals surface area contributed by atoms with Crippen LogP contribution in [0.1, 0.15) is 0 Å². The summed E-state index contributed by atoms with van der Waals surface area (Å²) in [5, 5.41) is 12.8. The van der Waals surface area contributed by atoms with Gasteiger partial charge in [-0.1, -0.05) is 48.5 Å². The maximum atomic E-state index is 6.04. The number of rotatable bonds is 3. The van der Waals surface area contributed by atoms with Gasteiger partial charge in [0.15, 0.2) is 17.2 Å². The SMILES string of the molecule is Nc1nn2c(-c3ccccc3)ccnc2c1N=Nc1ccccc1. The van der Waals surface area contributed by atoms with Crippen molar-refractivity contribution < 1.29 is 0 Å². The first-order valence-corrected chi connectivity index (χ1v) is 7.48. The summed E-state index contributed by atoms with van der Waals surface area (Å²) in [6.45, 7) is 0. The van der Waals surface area contributed by atoms with Gasteiger partial charge in [0.1, 0.15) is 0 Å². The number of hydrogen-bond donors (Lipinski definition) is 1. The fraction of sp³-hybridized carbons (Fsp3) is 0. The maximum absolute atomic E-state index is 6.04. The average molecular weight is 314 g/mol. The lowest BCUT2D eigenvalue weighted by molar-refractivity contribution is 0.953. The van der Waals surface area contributed by atoms with Gasteiger partial charge in [-0.25, -0.2) is 9.50 Å². The minimum absolute atomic E-state index is 0.297. The van der Waals surface area contributed by atoms with E-state index in [1.54, 1.807) is 10.7 Å². The Morgan fingerprint density at radius 3 is 2.29 bits per heavy atom. The molecule has 116 valence electrons. The lowest BCUT2D eigenvalue weighted by Crippen LogP contribution is -1.95. The van der Waals surface area contributed by atoms with Crippen molar-refractivity contribution in [1.82, 2.24) is 14.6 Å². The lowest BCUT2D eigenvalue weighted by Gasteiger charge is -2.03. The molecule has 0 fully saturated rings. The Labute approximate surface area is 138 Å². The van der Waals surface area contributed by atoms with Gasteiger partial charge in [0.05, 0.1) is 11.4 Å². The minimum atomic E-state index is 0.297. The molecule has 24 heavy (non-hydrogen) atoms. The van der Waals surface area contributed by atoms with E-state index in [1.807, 2.05) is 66.7 Å². The van der Waals surface area contributed by atoms with Crippen LogP contribution in [0, 0.1) is 0 Å². The summed E-state index contributed by atoms with van der Waals surface area (Å²) in [7, 11) is 0. The zero-order chi connectivity index (χ0) is 16.4. The quantitative estimate of drug-likeness (QED) is 0.569. The molecule has 0 amide bonds. The normalized spacial score (nSPS) is 11.3. The third-order valence-corrected chi connectivity index (χ3v) is 3.61. The van der Waals surface area contributed by atoms with E-state index in [2.05, 4.69) is 20.3 Å². The number of hydrogen-bond acceptors (Lipinski definition) is 5. The molecule has 4 aromatic rings. The smallest absolute Gasteiger partial charge is 0.185 e. The molecule has 0 saturated heterocycles. The number of aromatic nitrogens is 3. The van der Waals surface area contributed by atoms with Gasteiger partial charge < -0.3 is 5.73 Å². The maximum Gasteiger partial charge on any atom is 0.185 e. The van der Waals surface area contributed by atoms with Crippen molar-refractivity contribution in [2.24, 2.45) is 10.2 Å². The number of anilines is 1. The fourth-order valence-corrected chi connectivity index (χ4v) is 2.48. The third-order valence-electron chi connectivity index (χ3n) is 3.61. The molecule has 2 N–H and O–H groups in total. The monoisotopic (exact) mass is 314 g/mol. The van der Waals surface area contributed by atoms with Crippen LogP contribution in [0.15, 0.2) is 83.2 Å². The molecule has 0 radical (unpaired) electrons. The number of nitrogen functional groups attached to an aromatic ring is 1. The van der Waals surface area contributed by atoms with Gasteiger partial charge in [0, 0.05) is 11.8 Å². The lowest BCUT2D eigenvalue weighted by atomic mass is 10.1. The number of fused-ring (bicyclic) bond motifs is 1. The summed E-state index contributed by atoms with van der Waals surface area (Å²) in [4.78, 5) is 4.37. The van der Waals surface area contributed by atoms with Gasteiger partial charge in [0.2, 0.25) is 0 Å². The van der Waals surface area contributed by atoms with E-state index in [1.165, 1.54) is 0 Å². The van der Waals surface area contributed by atoms with E-state index in [0.717, 1.165) is 16.9 Å². The zero-order valence-corrected chi connectivity index (χ0v) is 12.7. The Morgan fingerprint density at radius 2 is 1.54 bits per heavy atom.